The SMILES string of the molecule is COC(=O)c1cnc(Oc2cccc(N(C)c3nc(C)nc4ccccc34)c2)cn1. The van der Waals surface area contributed by atoms with Gasteiger partial charge in [-0.1, -0.05) is 18.2 Å². The highest BCUT2D eigenvalue weighted by atomic mass is 16.5. The Morgan fingerprint density at radius 1 is 1.00 bits per heavy atom. The van der Waals surface area contributed by atoms with Gasteiger partial charge in [0.25, 0.3) is 0 Å². The van der Waals surface area contributed by atoms with E-state index < -0.39 is 5.97 Å². The first-order chi connectivity index (χ1) is 14.5. The second-order valence-electron chi connectivity index (χ2n) is 6.50. The van der Waals surface area contributed by atoms with Crippen molar-refractivity contribution in [2.45, 2.75) is 6.92 Å². The van der Waals surface area contributed by atoms with Crippen molar-refractivity contribution in [2.75, 3.05) is 19.1 Å². The molecule has 0 atom stereocenters. The standard InChI is InChI=1S/C22H19N5O3/c1-14-25-18-10-5-4-9-17(18)21(26-14)27(2)15-7-6-8-16(11-15)30-20-13-23-19(12-24-20)22(28)29-3/h4-13H,1-3H3. The van der Waals surface area contributed by atoms with Gasteiger partial charge in [0.2, 0.25) is 5.88 Å². The molecule has 0 bridgehead atoms. The lowest BCUT2D eigenvalue weighted by atomic mass is 10.2. The quantitative estimate of drug-likeness (QED) is 0.462. The van der Waals surface area contributed by atoms with Crippen LogP contribution in [0.25, 0.3) is 10.9 Å². The third-order valence-corrected chi connectivity index (χ3v) is 4.46. The molecule has 150 valence electrons. The average Bonchev–Trinajstić information content (AvgIpc) is 2.78. The number of carbonyl (C=O) groups excluding carboxylic acids is 1. The molecule has 2 aromatic heterocycles. The van der Waals surface area contributed by atoms with Crippen LogP contribution in [0.3, 0.4) is 0 Å². The number of carbonyl (C=O) groups is 1. The summed E-state index contributed by atoms with van der Waals surface area (Å²) in [5.41, 5.74) is 1.89. The fourth-order valence-electron chi connectivity index (χ4n) is 3.01. The predicted molar refractivity (Wildman–Crippen MR) is 112 cm³/mol. The molecule has 0 aliphatic carbocycles. The van der Waals surface area contributed by atoms with Gasteiger partial charge in [0, 0.05) is 24.2 Å². The maximum atomic E-state index is 11.5. The van der Waals surface area contributed by atoms with Crippen molar-refractivity contribution in [1.82, 2.24) is 19.9 Å². The van der Waals surface area contributed by atoms with Gasteiger partial charge < -0.3 is 14.4 Å². The molecule has 0 amide bonds. The zero-order valence-electron chi connectivity index (χ0n) is 16.7. The van der Waals surface area contributed by atoms with Crippen molar-refractivity contribution in [2.24, 2.45) is 0 Å². The Hall–Kier alpha value is -4.07. The predicted octanol–water partition coefficient (Wildman–Crippen LogP) is 4.08. The van der Waals surface area contributed by atoms with Gasteiger partial charge in [-0.2, -0.15) is 0 Å². The molecule has 8 heteroatoms. The van der Waals surface area contributed by atoms with Gasteiger partial charge in [0.15, 0.2) is 5.69 Å². The third-order valence-electron chi connectivity index (χ3n) is 4.46. The van der Waals surface area contributed by atoms with Crippen LogP contribution in [0.5, 0.6) is 11.6 Å². The van der Waals surface area contributed by atoms with Gasteiger partial charge >= 0.3 is 5.97 Å². The lowest BCUT2D eigenvalue weighted by Crippen LogP contribution is -2.13. The maximum absolute atomic E-state index is 11.5. The van der Waals surface area contributed by atoms with Gasteiger partial charge in [-0.25, -0.2) is 24.7 Å². The van der Waals surface area contributed by atoms with E-state index >= 15 is 0 Å². The molecule has 0 aliphatic heterocycles. The number of anilines is 2. The molecule has 0 aliphatic rings. The minimum Gasteiger partial charge on any atom is -0.464 e. The molecule has 0 N–H and O–H groups in total. The van der Waals surface area contributed by atoms with E-state index in [-0.39, 0.29) is 11.6 Å². The van der Waals surface area contributed by atoms with Crippen molar-refractivity contribution in [3.8, 4) is 11.6 Å². The fourth-order valence-corrected chi connectivity index (χ4v) is 3.01. The number of para-hydroxylation sites is 1. The van der Waals surface area contributed by atoms with E-state index in [0.717, 1.165) is 22.4 Å². The van der Waals surface area contributed by atoms with Crippen LogP contribution in [0, 0.1) is 6.92 Å². The number of aromatic nitrogens is 4. The van der Waals surface area contributed by atoms with Gasteiger partial charge in [-0.05, 0) is 31.2 Å². The highest BCUT2D eigenvalue weighted by Crippen LogP contribution is 2.31. The van der Waals surface area contributed by atoms with Crippen LogP contribution in [0.1, 0.15) is 16.3 Å². The molecule has 0 fully saturated rings. The molecule has 0 radical (unpaired) electrons. The van der Waals surface area contributed by atoms with Crippen molar-refractivity contribution in [1.29, 1.82) is 0 Å². The van der Waals surface area contributed by atoms with Crippen LogP contribution in [0.4, 0.5) is 11.5 Å². The second-order valence-corrected chi connectivity index (χ2v) is 6.50. The van der Waals surface area contributed by atoms with E-state index in [1.807, 2.05) is 67.4 Å². The summed E-state index contributed by atoms with van der Waals surface area (Å²) in [6.45, 7) is 1.87. The minimum absolute atomic E-state index is 0.115. The summed E-state index contributed by atoms with van der Waals surface area (Å²) in [7, 11) is 3.23. The summed E-state index contributed by atoms with van der Waals surface area (Å²) in [4.78, 5) is 30.7. The number of hydrogen-bond acceptors (Lipinski definition) is 8. The van der Waals surface area contributed by atoms with E-state index in [2.05, 4.69) is 24.7 Å². The Morgan fingerprint density at radius 3 is 2.60 bits per heavy atom. The largest absolute Gasteiger partial charge is 0.464 e. The van der Waals surface area contributed by atoms with Crippen LogP contribution < -0.4 is 9.64 Å². The summed E-state index contributed by atoms with van der Waals surface area (Å²) in [6, 6.07) is 15.4. The summed E-state index contributed by atoms with van der Waals surface area (Å²) in [5, 5.41) is 0.959. The van der Waals surface area contributed by atoms with Gasteiger partial charge in [-0.3, -0.25) is 0 Å². The number of methoxy groups -OCH3 is 1. The number of aryl methyl sites for hydroxylation is 1. The number of rotatable bonds is 5. The number of fused-ring (bicyclic) bond motifs is 1. The first-order valence-electron chi connectivity index (χ1n) is 9.20. The highest BCUT2D eigenvalue weighted by molar-refractivity contribution is 5.91. The average molecular weight is 401 g/mol. The molecule has 8 nitrogen and oxygen atoms in total. The van der Waals surface area contributed by atoms with Crippen LogP contribution >= 0.6 is 0 Å². The van der Waals surface area contributed by atoms with Crippen molar-refractivity contribution < 1.29 is 14.3 Å². The molecular weight excluding hydrogens is 382 g/mol. The molecule has 2 aromatic carbocycles. The number of nitrogens with zero attached hydrogens (tertiary/aromatic N) is 5. The fraction of sp³-hybridized carbons (Fsp3) is 0.136. The van der Waals surface area contributed by atoms with E-state index in [0.29, 0.717) is 11.6 Å². The summed E-state index contributed by atoms with van der Waals surface area (Å²) in [5.74, 6) is 1.80. The normalized spacial score (nSPS) is 10.6. The van der Waals surface area contributed by atoms with Gasteiger partial charge in [0.1, 0.15) is 17.4 Å². The lowest BCUT2D eigenvalue weighted by Gasteiger charge is -2.21. The zero-order valence-corrected chi connectivity index (χ0v) is 16.7. The van der Waals surface area contributed by atoms with E-state index in [9.17, 15) is 4.79 Å². The van der Waals surface area contributed by atoms with Crippen molar-refractivity contribution >= 4 is 28.4 Å². The van der Waals surface area contributed by atoms with E-state index in [1.54, 1.807) is 0 Å². The Kier molecular flexibility index (Phi) is 5.21. The molecular formula is C22H19N5O3. The molecule has 0 saturated carbocycles. The Balaban J connectivity index is 1.62. The van der Waals surface area contributed by atoms with E-state index in [1.165, 1.54) is 19.5 Å². The summed E-state index contributed by atoms with van der Waals surface area (Å²) in [6.07, 6.45) is 2.69. The van der Waals surface area contributed by atoms with Crippen LogP contribution in [0.2, 0.25) is 0 Å². The van der Waals surface area contributed by atoms with Gasteiger partial charge in [0.05, 0.1) is 25.0 Å². The van der Waals surface area contributed by atoms with Crippen LogP contribution in [-0.2, 0) is 4.74 Å². The van der Waals surface area contributed by atoms with Gasteiger partial charge in [-0.15, -0.1) is 0 Å². The van der Waals surface area contributed by atoms with E-state index in [4.69, 9.17) is 4.74 Å². The number of hydrogen-bond donors (Lipinski definition) is 0. The first kappa shape index (κ1) is 19.3. The van der Waals surface area contributed by atoms with Crippen molar-refractivity contribution in [3.63, 3.8) is 0 Å². The molecule has 0 saturated heterocycles. The number of esters is 1. The minimum atomic E-state index is -0.551. The Labute approximate surface area is 173 Å². The second kappa shape index (κ2) is 8.12. The maximum Gasteiger partial charge on any atom is 0.358 e. The molecule has 4 aromatic rings. The molecule has 0 spiro atoms. The van der Waals surface area contributed by atoms with Crippen LogP contribution in [0.15, 0.2) is 60.9 Å². The lowest BCUT2D eigenvalue weighted by molar-refractivity contribution is 0.0593. The van der Waals surface area contributed by atoms with Crippen LogP contribution in [-0.4, -0.2) is 40.1 Å². The van der Waals surface area contributed by atoms with Crippen molar-refractivity contribution in [3.05, 3.63) is 72.4 Å². The number of benzene rings is 2. The molecule has 0 unspecified atom stereocenters. The zero-order chi connectivity index (χ0) is 21.1. The molecule has 4 rings (SSSR count). The third kappa shape index (κ3) is 3.88. The topological polar surface area (TPSA) is 90.3 Å². The monoisotopic (exact) mass is 401 g/mol. The molecule has 2 heterocycles. The Bertz CT molecular complexity index is 1210. The summed E-state index contributed by atoms with van der Waals surface area (Å²) >= 11 is 0. The smallest absolute Gasteiger partial charge is 0.358 e. The number of ether oxygens (including phenoxy) is 2. The summed E-state index contributed by atoms with van der Waals surface area (Å²) < 4.78 is 10.4. The molecule has 30 heavy (non-hydrogen) atoms. The highest BCUT2D eigenvalue weighted by Gasteiger charge is 2.13. The first-order valence-corrected chi connectivity index (χ1v) is 9.20. The Morgan fingerprint density at radius 2 is 1.83 bits per heavy atom.